The highest BCUT2D eigenvalue weighted by Gasteiger charge is 2.23. The number of carbonyl (C=O) groups excluding carboxylic acids is 3. The molecule has 3 rings (SSSR count). The molecule has 32 heavy (non-hydrogen) atoms. The summed E-state index contributed by atoms with van der Waals surface area (Å²) in [6.45, 7) is 3.19. The molecular formula is C22H23N5O5. The summed E-state index contributed by atoms with van der Waals surface area (Å²) in [5, 5.41) is 8.85. The van der Waals surface area contributed by atoms with E-state index >= 15 is 0 Å². The number of imide groups is 1. The van der Waals surface area contributed by atoms with E-state index in [1.54, 1.807) is 47.3 Å². The largest absolute Gasteiger partial charge is 0.497 e. The molecule has 0 fully saturated rings. The van der Waals surface area contributed by atoms with Crippen molar-refractivity contribution in [2.75, 3.05) is 19.0 Å². The molecule has 10 heteroatoms. The Hall–Kier alpha value is -4.21. The molecule has 0 aliphatic heterocycles. The highest BCUT2D eigenvalue weighted by atomic mass is 16.5. The van der Waals surface area contributed by atoms with Crippen molar-refractivity contribution in [3.05, 3.63) is 66.1 Å². The summed E-state index contributed by atoms with van der Waals surface area (Å²) in [7, 11) is 1.53. The fourth-order valence-electron chi connectivity index (χ4n) is 2.94. The standard InChI is InChI=1S/C22H23N5O5/c1-14(2)20-17(12-24-27(20)18-6-4-5-11-23-18)21(29)32-13-19(28)26-22(30)25-15-7-9-16(31-3)10-8-15/h4-12,14H,13H2,1-3H3,(H2,25,26,28,30). The number of ether oxygens (including phenoxy) is 2. The van der Waals surface area contributed by atoms with E-state index in [0.29, 0.717) is 22.9 Å². The number of methoxy groups -OCH3 is 1. The van der Waals surface area contributed by atoms with Crippen LogP contribution in [-0.2, 0) is 9.53 Å². The molecule has 3 amide bonds. The van der Waals surface area contributed by atoms with Crippen LogP contribution >= 0.6 is 0 Å². The Labute approximate surface area is 184 Å². The molecule has 2 heterocycles. The molecule has 0 unspecified atom stereocenters. The smallest absolute Gasteiger partial charge is 0.342 e. The first-order valence-electron chi connectivity index (χ1n) is 9.80. The lowest BCUT2D eigenvalue weighted by Gasteiger charge is -2.12. The fourth-order valence-corrected chi connectivity index (χ4v) is 2.94. The molecule has 2 aromatic heterocycles. The Bertz CT molecular complexity index is 1090. The minimum absolute atomic E-state index is 0.0637. The lowest BCUT2D eigenvalue weighted by atomic mass is 10.1. The zero-order valence-electron chi connectivity index (χ0n) is 17.9. The van der Waals surface area contributed by atoms with Gasteiger partial charge in [-0.3, -0.25) is 10.1 Å². The van der Waals surface area contributed by atoms with Gasteiger partial charge in [0.1, 0.15) is 11.3 Å². The average molecular weight is 437 g/mol. The Kier molecular flexibility index (Phi) is 7.17. The molecule has 0 aliphatic carbocycles. The number of esters is 1. The van der Waals surface area contributed by atoms with Crippen molar-refractivity contribution in [1.29, 1.82) is 0 Å². The molecule has 1 aromatic carbocycles. The van der Waals surface area contributed by atoms with Crippen LogP contribution in [0.5, 0.6) is 5.75 Å². The second-order valence-corrected chi connectivity index (χ2v) is 7.00. The molecule has 0 spiro atoms. The van der Waals surface area contributed by atoms with Crippen LogP contribution in [0.2, 0.25) is 0 Å². The third-order valence-corrected chi connectivity index (χ3v) is 4.37. The SMILES string of the molecule is COc1ccc(NC(=O)NC(=O)COC(=O)c2cnn(-c3ccccn3)c2C(C)C)cc1. The summed E-state index contributed by atoms with van der Waals surface area (Å²) in [5.74, 6) is -0.366. The minimum atomic E-state index is -0.771. The molecule has 0 radical (unpaired) electrons. The summed E-state index contributed by atoms with van der Waals surface area (Å²) in [6.07, 6.45) is 3.00. The molecule has 166 valence electrons. The van der Waals surface area contributed by atoms with Crippen LogP contribution in [0.3, 0.4) is 0 Å². The number of hydrogen-bond donors (Lipinski definition) is 2. The molecule has 3 aromatic rings. The van der Waals surface area contributed by atoms with E-state index in [4.69, 9.17) is 9.47 Å². The zero-order valence-corrected chi connectivity index (χ0v) is 17.9. The normalized spacial score (nSPS) is 10.5. The van der Waals surface area contributed by atoms with Crippen molar-refractivity contribution in [2.45, 2.75) is 19.8 Å². The molecule has 2 N–H and O–H groups in total. The quantitative estimate of drug-likeness (QED) is 0.545. The lowest BCUT2D eigenvalue weighted by Crippen LogP contribution is -2.37. The number of carbonyl (C=O) groups is 3. The predicted octanol–water partition coefficient (Wildman–Crippen LogP) is 2.90. The van der Waals surface area contributed by atoms with Gasteiger partial charge in [0.2, 0.25) is 0 Å². The van der Waals surface area contributed by atoms with Gasteiger partial charge in [0.15, 0.2) is 12.4 Å². The summed E-state index contributed by atoms with van der Waals surface area (Å²) in [5.41, 5.74) is 1.30. The number of pyridine rings is 1. The number of hydrogen-bond acceptors (Lipinski definition) is 7. The van der Waals surface area contributed by atoms with Crippen molar-refractivity contribution < 1.29 is 23.9 Å². The molecule has 10 nitrogen and oxygen atoms in total. The summed E-state index contributed by atoms with van der Waals surface area (Å²) < 4.78 is 11.7. The van der Waals surface area contributed by atoms with Crippen LogP contribution < -0.4 is 15.4 Å². The van der Waals surface area contributed by atoms with E-state index in [0.717, 1.165) is 0 Å². The maximum atomic E-state index is 12.6. The second-order valence-electron chi connectivity index (χ2n) is 7.00. The first kappa shape index (κ1) is 22.5. The van der Waals surface area contributed by atoms with Gasteiger partial charge in [0.25, 0.3) is 5.91 Å². The number of nitrogens with one attached hydrogen (secondary N) is 2. The number of aromatic nitrogens is 3. The maximum Gasteiger partial charge on any atom is 0.342 e. The fraction of sp³-hybridized carbons (Fsp3) is 0.227. The van der Waals surface area contributed by atoms with Gasteiger partial charge in [0.05, 0.1) is 19.0 Å². The molecule has 0 atom stereocenters. The molecule has 0 saturated carbocycles. The number of rotatable bonds is 7. The molecule has 0 saturated heterocycles. The highest BCUT2D eigenvalue weighted by molar-refractivity contribution is 6.02. The highest BCUT2D eigenvalue weighted by Crippen LogP contribution is 2.23. The number of amides is 3. The predicted molar refractivity (Wildman–Crippen MR) is 116 cm³/mol. The topological polar surface area (TPSA) is 124 Å². The number of nitrogens with zero attached hydrogens (tertiary/aromatic N) is 3. The van der Waals surface area contributed by atoms with Crippen LogP contribution in [0, 0.1) is 0 Å². The van der Waals surface area contributed by atoms with Gasteiger partial charge in [-0.05, 0) is 42.3 Å². The number of anilines is 1. The van der Waals surface area contributed by atoms with E-state index in [2.05, 4.69) is 20.7 Å². The van der Waals surface area contributed by atoms with Crippen molar-refractivity contribution in [3.8, 4) is 11.6 Å². The van der Waals surface area contributed by atoms with Crippen molar-refractivity contribution in [3.63, 3.8) is 0 Å². The third kappa shape index (κ3) is 5.48. The van der Waals surface area contributed by atoms with E-state index in [1.165, 1.54) is 13.3 Å². The molecular weight excluding hydrogens is 414 g/mol. The van der Waals surface area contributed by atoms with Gasteiger partial charge in [-0.2, -0.15) is 5.10 Å². The first-order chi connectivity index (χ1) is 15.4. The third-order valence-electron chi connectivity index (χ3n) is 4.37. The zero-order chi connectivity index (χ0) is 23.1. The van der Waals surface area contributed by atoms with Gasteiger partial charge >= 0.3 is 12.0 Å². The Balaban J connectivity index is 1.58. The van der Waals surface area contributed by atoms with Gasteiger partial charge in [-0.25, -0.2) is 19.3 Å². The Morgan fingerprint density at radius 1 is 1.09 bits per heavy atom. The summed E-state index contributed by atoms with van der Waals surface area (Å²) >= 11 is 0. The van der Waals surface area contributed by atoms with Crippen LogP contribution in [0.15, 0.2) is 54.9 Å². The first-order valence-corrected chi connectivity index (χ1v) is 9.80. The second kappa shape index (κ2) is 10.2. The molecule has 0 bridgehead atoms. The van der Waals surface area contributed by atoms with E-state index < -0.39 is 24.5 Å². The Morgan fingerprint density at radius 2 is 1.84 bits per heavy atom. The van der Waals surface area contributed by atoms with E-state index in [1.807, 2.05) is 19.9 Å². The van der Waals surface area contributed by atoms with Crippen molar-refractivity contribution in [2.24, 2.45) is 0 Å². The van der Waals surface area contributed by atoms with E-state index in [-0.39, 0.29) is 11.5 Å². The summed E-state index contributed by atoms with van der Waals surface area (Å²) in [6, 6.07) is 11.2. The van der Waals surface area contributed by atoms with Gasteiger partial charge in [0, 0.05) is 11.9 Å². The number of benzene rings is 1. The van der Waals surface area contributed by atoms with Crippen molar-refractivity contribution in [1.82, 2.24) is 20.1 Å². The van der Waals surface area contributed by atoms with Gasteiger partial charge in [-0.1, -0.05) is 19.9 Å². The minimum Gasteiger partial charge on any atom is -0.497 e. The van der Waals surface area contributed by atoms with Gasteiger partial charge < -0.3 is 14.8 Å². The monoisotopic (exact) mass is 437 g/mol. The Morgan fingerprint density at radius 3 is 2.47 bits per heavy atom. The van der Waals surface area contributed by atoms with Crippen LogP contribution in [-0.4, -0.2) is 46.4 Å². The maximum absolute atomic E-state index is 12.6. The number of urea groups is 1. The van der Waals surface area contributed by atoms with Crippen LogP contribution in [0.1, 0.15) is 35.8 Å². The van der Waals surface area contributed by atoms with Crippen LogP contribution in [0.4, 0.5) is 10.5 Å². The van der Waals surface area contributed by atoms with Crippen molar-refractivity contribution >= 4 is 23.6 Å². The molecule has 0 aliphatic rings. The van der Waals surface area contributed by atoms with Gasteiger partial charge in [-0.15, -0.1) is 0 Å². The summed E-state index contributed by atoms with van der Waals surface area (Å²) in [4.78, 5) is 40.8. The van der Waals surface area contributed by atoms with Crippen LogP contribution in [0.25, 0.3) is 5.82 Å². The average Bonchev–Trinajstić information content (AvgIpc) is 3.24. The lowest BCUT2D eigenvalue weighted by molar-refractivity contribution is -0.123. The van der Waals surface area contributed by atoms with E-state index in [9.17, 15) is 14.4 Å².